The summed E-state index contributed by atoms with van der Waals surface area (Å²) >= 11 is 0.918. The fourth-order valence-electron chi connectivity index (χ4n) is 7.42. The van der Waals surface area contributed by atoms with Crippen LogP contribution in [0, 0.1) is 0 Å². The van der Waals surface area contributed by atoms with Crippen LogP contribution >= 0.6 is 12.0 Å². The summed E-state index contributed by atoms with van der Waals surface area (Å²) in [6.45, 7) is 8.25. The van der Waals surface area contributed by atoms with E-state index in [4.69, 9.17) is 4.74 Å². The fourth-order valence-corrected chi connectivity index (χ4v) is 8.77. The topological polar surface area (TPSA) is 154 Å². The summed E-state index contributed by atoms with van der Waals surface area (Å²) in [5.41, 5.74) is 3.46. The van der Waals surface area contributed by atoms with Crippen molar-refractivity contribution in [2.75, 3.05) is 30.5 Å². The SMILES string of the molecule is CN1c2cc3c(cc2C(CSOO[O-])CC1(C)C)C(c1ccccc1C(=O)[O-])=c1cc2c(cc1O3)=[N+](C)C(C)(C)CC2CS(=O)(=O)[O-]. The Bertz CT molecular complexity index is 2030. The first-order valence-electron chi connectivity index (χ1n) is 15.2. The smallest absolute Gasteiger partial charge is 0.207 e. The molecule has 0 aliphatic carbocycles. The van der Waals surface area contributed by atoms with Crippen LogP contribution < -0.4 is 35.2 Å². The molecule has 6 rings (SSSR count). The van der Waals surface area contributed by atoms with Crippen LogP contribution in [0.25, 0.3) is 5.57 Å². The second-order valence-corrected chi connectivity index (χ2v) is 16.0. The maximum atomic E-state index is 12.5. The van der Waals surface area contributed by atoms with Gasteiger partial charge in [0.05, 0.1) is 22.2 Å². The van der Waals surface area contributed by atoms with E-state index in [1.54, 1.807) is 18.2 Å². The average Bonchev–Trinajstić information content (AvgIpc) is 2.99. The minimum atomic E-state index is -4.57. The van der Waals surface area contributed by atoms with Crippen LogP contribution in [0.15, 0.2) is 48.5 Å². The minimum Gasteiger partial charge on any atom is -0.748 e. The number of aromatic carboxylic acids is 1. The highest BCUT2D eigenvalue weighted by Gasteiger charge is 2.41. The van der Waals surface area contributed by atoms with Crippen LogP contribution in [-0.2, 0) is 19.5 Å². The molecule has 0 amide bonds. The monoisotopic (exact) mass is 680 g/mol. The molecule has 2 unspecified atom stereocenters. The van der Waals surface area contributed by atoms with Crippen molar-refractivity contribution in [2.45, 2.75) is 63.5 Å². The van der Waals surface area contributed by atoms with Gasteiger partial charge in [0.25, 0.3) is 0 Å². The number of ether oxygens (including phenoxy) is 1. The number of hydrogen-bond acceptors (Lipinski definition) is 11. The van der Waals surface area contributed by atoms with E-state index in [1.165, 1.54) is 6.07 Å². The number of carbonyl (C=O) groups is 1. The summed E-state index contributed by atoms with van der Waals surface area (Å²) in [7, 11) is -0.633. The van der Waals surface area contributed by atoms with E-state index in [0.29, 0.717) is 51.2 Å². The van der Waals surface area contributed by atoms with Crippen molar-refractivity contribution in [3.05, 3.63) is 86.9 Å². The van der Waals surface area contributed by atoms with Crippen LogP contribution in [0.2, 0.25) is 0 Å². The fraction of sp³-hybridized carbons (Fsp3) is 0.412. The molecule has 3 aromatic rings. The maximum absolute atomic E-state index is 12.5. The highest BCUT2D eigenvalue weighted by Crippen LogP contribution is 2.49. The van der Waals surface area contributed by atoms with Crippen molar-refractivity contribution in [3.63, 3.8) is 0 Å². The summed E-state index contributed by atoms with van der Waals surface area (Å²) in [6.07, 6.45) is 1.15. The number of anilines is 1. The van der Waals surface area contributed by atoms with Crippen LogP contribution in [-0.4, -0.2) is 55.6 Å². The normalized spacial score (nSPS) is 20.9. The lowest BCUT2D eigenvalue weighted by Gasteiger charge is -2.46. The summed E-state index contributed by atoms with van der Waals surface area (Å²) in [4.78, 5) is 14.6. The van der Waals surface area contributed by atoms with Gasteiger partial charge in [0, 0.05) is 87.7 Å². The van der Waals surface area contributed by atoms with Crippen molar-refractivity contribution in [1.29, 1.82) is 0 Å². The van der Waals surface area contributed by atoms with Gasteiger partial charge in [-0.25, -0.2) is 13.0 Å². The third-order valence-electron chi connectivity index (χ3n) is 10.1. The Labute approximate surface area is 277 Å². The standard InChI is InChI=1S/C34H38N2O9S2/c1-33(2)15-19(17-46-45-44-39)23-11-25-29(13-27(23)35(33)5)43-30-14-28-24(20(18-47(40,41)42)16-34(3,4)36(28)6)12-26(30)31(25)21-9-7-8-10-22(21)32(37)38/h7-14,19-20H,15-18H2,1-6H3,(H2-,37,38,39,40,41,42)/p-2. The predicted molar refractivity (Wildman–Crippen MR) is 172 cm³/mol. The Morgan fingerprint density at radius 2 is 1.77 bits per heavy atom. The molecular weight excluding hydrogens is 645 g/mol. The number of carbonyl (C=O) groups excluding carboxylic acids is 1. The molecule has 250 valence electrons. The van der Waals surface area contributed by atoms with Crippen molar-refractivity contribution in [1.82, 2.24) is 4.58 Å². The quantitative estimate of drug-likeness (QED) is 0.0670. The first-order valence-corrected chi connectivity index (χ1v) is 17.7. The molecule has 0 aromatic heterocycles. The molecule has 0 bridgehead atoms. The molecule has 0 spiro atoms. The molecule has 0 fully saturated rings. The zero-order valence-electron chi connectivity index (χ0n) is 27.0. The maximum Gasteiger partial charge on any atom is 0.207 e. The first-order chi connectivity index (χ1) is 22.0. The Balaban J connectivity index is 1.70. The molecule has 11 nitrogen and oxygen atoms in total. The van der Waals surface area contributed by atoms with Gasteiger partial charge in [0.2, 0.25) is 5.36 Å². The molecule has 0 radical (unpaired) electrons. The van der Waals surface area contributed by atoms with Crippen LogP contribution in [0.1, 0.15) is 85.0 Å². The summed E-state index contributed by atoms with van der Waals surface area (Å²) in [5.74, 6) is -1.15. The van der Waals surface area contributed by atoms with Crippen LogP contribution in [0.3, 0.4) is 0 Å². The van der Waals surface area contributed by atoms with Crippen LogP contribution in [0.5, 0.6) is 11.5 Å². The number of nitrogens with zero attached hydrogens (tertiary/aromatic N) is 2. The molecule has 0 saturated carbocycles. The zero-order valence-corrected chi connectivity index (χ0v) is 28.6. The summed E-state index contributed by atoms with van der Waals surface area (Å²) in [5, 5.41) is 27.9. The first kappa shape index (κ1) is 33.4. The Morgan fingerprint density at radius 1 is 1.04 bits per heavy atom. The molecule has 2 atom stereocenters. The Morgan fingerprint density at radius 3 is 2.45 bits per heavy atom. The number of hydrogen-bond donors (Lipinski definition) is 0. The van der Waals surface area contributed by atoms with Gasteiger partial charge in [-0.2, -0.15) is 4.33 Å². The third kappa shape index (κ3) is 6.05. The number of carboxylic acids is 1. The highest BCUT2D eigenvalue weighted by molar-refractivity contribution is 7.94. The average molecular weight is 681 g/mol. The summed E-state index contributed by atoms with van der Waals surface area (Å²) < 4.78 is 49.6. The predicted octanol–water partition coefficient (Wildman–Crippen LogP) is 1.91. The molecule has 47 heavy (non-hydrogen) atoms. The molecular formula is C34H36N2O9S2-2. The van der Waals surface area contributed by atoms with Crippen molar-refractivity contribution >= 4 is 39.4 Å². The number of carboxylic acid groups (broad SMARTS) is 1. The lowest BCUT2D eigenvalue weighted by atomic mass is 9.78. The van der Waals surface area contributed by atoms with E-state index in [9.17, 15) is 28.1 Å². The van der Waals surface area contributed by atoms with E-state index in [2.05, 4.69) is 32.7 Å². The Kier molecular flexibility index (Phi) is 8.47. The van der Waals surface area contributed by atoms with Crippen molar-refractivity contribution < 1.29 is 42.2 Å². The van der Waals surface area contributed by atoms with Gasteiger partial charge in [-0.05, 0) is 63.3 Å². The van der Waals surface area contributed by atoms with E-state index >= 15 is 0 Å². The molecule has 3 aliphatic rings. The van der Waals surface area contributed by atoms with Gasteiger partial charge >= 0.3 is 0 Å². The molecule has 3 aromatic carbocycles. The van der Waals surface area contributed by atoms with Crippen LogP contribution in [0.4, 0.5) is 5.69 Å². The second-order valence-electron chi connectivity index (χ2n) is 13.8. The molecule has 3 heterocycles. The molecule has 0 N–H and O–H groups in total. The van der Waals surface area contributed by atoms with Crippen molar-refractivity contribution in [2.24, 2.45) is 0 Å². The third-order valence-corrected chi connectivity index (χ3v) is 11.6. The van der Waals surface area contributed by atoms with Gasteiger partial charge in [0.15, 0.2) is 5.54 Å². The largest absolute Gasteiger partial charge is 0.748 e. The van der Waals surface area contributed by atoms with Gasteiger partial charge in [0.1, 0.15) is 18.5 Å². The number of rotatable bonds is 8. The number of benzene rings is 3. The zero-order chi connectivity index (χ0) is 34.1. The molecule has 13 heteroatoms. The van der Waals surface area contributed by atoms with E-state index < -0.39 is 33.3 Å². The van der Waals surface area contributed by atoms with Gasteiger partial charge in [-0.15, -0.1) is 0 Å². The lowest BCUT2D eigenvalue weighted by molar-refractivity contribution is -0.777. The number of fused-ring (bicyclic) bond motifs is 4. The van der Waals surface area contributed by atoms with Crippen molar-refractivity contribution in [3.8, 4) is 11.5 Å². The highest BCUT2D eigenvalue weighted by atomic mass is 32.2. The van der Waals surface area contributed by atoms with Gasteiger partial charge < -0.3 is 29.3 Å². The second kappa shape index (κ2) is 11.9. The Hall–Kier alpha value is -3.46. The minimum absolute atomic E-state index is 0.0139. The van der Waals surface area contributed by atoms with Gasteiger partial charge in [-0.1, -0.05) is 24.3 Å². The van der Waals surface area contributed by atoms with Gasteiger partial charge in [-0.3, -0.25) is 5.04 Å². The molecule has 3 aliphatic heterocycles. The van der Waals surface area contributed by atoms with E-state index in [1.807, 2.05) is 52.2 Å². The van der Waals surface area contributed by atoms with E-state index in [0.717, 1.165) is 35.1 Å². The summed E-state index contributed by atoms with van der Waals surface area (Å²) in [6, 6.07) is 14.2. The van der Waals surface area contributed by atoms with E-state index in [-0.39, 0.29) is 17.0 Å². The lowest BCUT2D eigenvalue weighted by Crippen LogP contribution is -2.51. The molecule has 0 saturated heterocycles.